The van der Waals surface area contributed by atoms with Gasteiger partial charge < -0.3 is 10.2 Å². The van der Waals surface area contributed by atoms with Crippen molar-refractivity contribution in [3.63, 3.8) is 0 Å². The molecule has 0 spiro atoms. The number of rotatable bonds is 5. The van der Waals surface area contributed by atoms with Gasteiger partial charge in [0.05, 0.1) is 0 Å². The number of nitrogens with zero attached hydrogens (tertiary/aromatic N) is 1. The van der Waals surface area contributed by atoms with Gasteiger partial charge >= 0.3 is 0 Å². The Kier molecular flexibility index (Phi) is 13.0. The lowest BCUT2D eigenvalue weighted by atomic mass is 10.5. The van der Waals surface area contributed by atoms with Gasteiger partial charge in [-0.1, -0.05) is 24.0 Å². The van der Waals surface area contributed by atoms with Crippen LogP contribution in [0.5, 0.6) is 0 Å². The van der Waals surface area contributed by atoms with Crippen molar-refractivity contribution in [2.24, 2.45) is 0 Å². The van der Waals surface area contributed by atoms with Gasteiger partial charge in [-0.2, -0.15) is 0 Å². The van der Waals surface area contributed by atoms with Crippen LogP contribution in [0.4, 0.5) is 0 Å². The Morgan fingerprint density at radius 1 is 1.46 bits per heavy atom. The average Bonchev–Trinajstić information content (AvgIpc) is 1.98. The van der Waals surface area contributed by atoms with Crippen molar-refractivity contribution < 1.29 is 0 Å². The largest absolute Gasteiger partial charge is 0.371 e. The van der Waals surface area contributed by atoms with E-state index < -0.39 is 0 Å². The Balaban J connectivity index is 0. The molecule has 80 valence electrons. The van der Waals surface area contributed by atoms with Gasteiger partial charge in [0.1, 0.15) is 4.32 Å². The van der Waals surface area contributed by atoms with Gasteiger partial charge in [-0.3, -0.25) is 0 Å². The molecule has 5 heteroatoms. The molecule has 0 aromatic carbocycles. The highest BCUT2D eigenvalue weighted by Crippen LogP contribution is 2.03. The van der Waals surface area contributed by atoms with E-state index in [-0.39, 0.29) is 12.4 Å². The molecule has 0 aliphatic carbocycles. The second-order valence-electron chi connectivity index (χ2n) is 2.82. The van der Waals surface area contributed by atoms with Crippen molar-refractivity contribution in [1.29, 1.82) is 0 Å². The predicted octanol–water partition coefficient (Wildman–Crippen LogP) is 1.99. The summed E-state index contributed by atoms with van der Waals surface area (Å²) in [5.41, 5.74) is 0. The Morgan fingerprint density at radius 2 is 2.08 bits per heavy atom. The molecule has 0 unspecified atom stereocenters. The van der Waals surface area contributed by atoms with Crippen LogP contribution in [0.2, 0.25) is 0 Å². The summed E-state index contributed by atoms with van der Waals surface area (Å²) in [7, 11) is 4.18. The summed E-state index contributed by atoms with van der Waals surface area (Å²) in [4.78, 5) is 2.19. The maximum atomic E-state index is 5.07. The molecule has 0 atom stereocenters. The second kappa shape index (κ2) is 10.6. The molecular weight excluding hydrogens is 224 g/mol. The minimum absolute atomic E-state index is 0. The van der Waals surface area contributed by atoms with Crippen LogP contribution in [0.3, 0.4) is 0 Å². The van der Waals surface area contributed by atoms with E-state index in [0.29, 0.717) is 0 Å². The zero-order valence-corrected chi connectivity index (χ0v) is 10.9. The molecule has 2 nitrogen and oxygen atoms in total. The maximum absolute atomic E-state index is 5.07. The van der Waals surface area contributed by atoms with Crippen LogP contribution in [0.25, 0.3) is 0 Å². The molecule has 0 aromatic rings. The minimum Gasteiger partial charge on any atom is -0.371 e. The molecule has 0 heterocycles. The summed E-state index contributed by atoms with van der Waals surface area (Å²) in [5.74, 6) is 1.12. The van der Waals surface area contributed by atoms with Gasteiger partial charge in [0.2, 0.25) is 0 Å². The molecule has 0 fully saturated rings. The van der Waals surface area contributed by atoms with Crippen LogP contribution in [0, 0.1) is 0 Å². The van der Waals surface area contributed by atoms with E-state index in [0.717, 1.165) is 23.2 Å². The van der Waals surface area contributed by atoms with Gasteiger partial charge in [-0.25, -0.2) is 0 Å². The van der Waals surface area contributed by atoms with Gasteiger partial charge in [-0.15, -0.1) is 12.4 Å². The molecule has 0 amide bonds. The molecule has 0 aromatic heterocycles. The molecule has 0 bridgehead atoms. The fourth-order valence-corrected chi connectivity index (χ4v) is 1.84. The SMILES string of the molecule is CCNC(=S)SCCCN(C)C.Cl. The molecule has 0 rings (SSSR count). The third-order valence-electron chi connectivity index (χ3n) is 1.30. The first-order valence-corrected chi connectivity index (χ1v) is 5.61. The highest BCUT2D eigenvalue weighted by molar-refractivity contribution is 8.22. The number of hydrogen-bond acceptors (Lipinski definition) is 3. The Morgan fingerprint density at radius 3 is 2.54 bits per heavy atom. The van der Waals surface area contributed by atoms with Crippen molar-refractivity contribution in [2.45, 2.75) is 13.3 Å². The Bertz CT molecular complexity index is 131. The average molecular weight is 243 g/mol. The van der Waals surface area contributed by atoms with Crippen molar-refractivity contribution in [2.75, 3.05) is 32.9 Å². The van der Waals surface area contributed by atoms with E-state index in [1.807, 2.05) is 0 Å². The Hall–Kier alpha value is 0.490. The monoisotopic (exact) mass is 242 g/mol. The summed E-state index contributed by atoms with van der Waals surface area (Å²) in [6.45, 7) is 4.13. The summed E-state index contributed by atoms with van der Waals surface area (Å²) >= 11 is 6.81. The molecule has 0 radical (unpaired) electrons. The quantitative estimate of drug-likeness (QED) is 0.586. The van der Waals surface area contributed by atoms with Crippen molar-refractivity contribution >= 4 is 40.7 Å². The number of hydrogen-bond donors (Lipinski definition) is 1. The normalized spacial score (nSPS) is 9.54. The predicted molar refractivity (Wildman–Crippen MR) is 69.2 cm³/mol. The fourth-order valence-electron chi connectivity index (χ4n) is 0.741. The highest BCUT2D eigenvalue weighted by atomic mass is 35.5. The van der Waals surface area contributed by atoms with Gasteiger partial charge in [-0.05, 0) is 34.0 Å². The first-order valence-electron chi connectivity index (χ1n) is 4.22. The van der Waals surface area contributed by atoms with Gasteiger partial charge in [0.25, 0.3) is 0 Å². The third kappa shape index (κ3) is 12.5. The van der Waals surface area contributed by atoms with Gasteiger partial charge in [0, 0.05) is 12.3 Å². The summed E-state index contributed by atoms with van der Waals surface area (Å²) in [5, 5.41) is 3.11. The minimum atomic E-state index is 0. The number of thiocarbonyl (C=S) groups is 1. The van der Waals surface area contributed by atoms with Crippen LogP contribution < -0.4 is 5.32 Å². The lowest BCUT2D eigenvalue weighted by molar-refractivity contribution is 0.410. The van der Waals surface area contributed by atoms with E-state index in [9.17, 15) is 0 Å². The molecule has 13 heavy (non-hydrogen) atoms. The molecular formula is C8H19ClN2S2. The lowest BCUT2D eigenvalue weighted by Gasteiger charge is -2.09. The lowest BCUT2D eigenvalue weighted by Crippen LogP contribution is -2.18. The number of thioether (sulfide) groups is 1. The zero-order valence-electron chi connectivity index (χ0n) is 8.50. The van der Waals surface area contributed by atoms with Crippen molar-refractivity contribution in [1.82, 2.24) is 10.2 Å². The number of nitrogens with one attached hydrogen (secondary N) is 1. The Labute approximate surface area is 97.2 Å². The first-order chi connectivity index (χ1) is 5.66. The van der Waals surface area contributed by atoms with Crippen LogP contribution in [0.15, 0.2) is 0 Å². The topological polar surface area (TPSA) is 15.3 Å². The third-order valence-corrected chi connectivity index (χ3v) is 2.70. The molecule has 1 N–H and O–H groups in total. The van der Waals surface area contributed by atoms with Crippen LogP contribution >= 0.6 is 36.4 Å². The molecule has 0 saturated carbocycles. The van der Waals surface area contributed by atoms with E-state index in [1.165, 1.54) is 6.42 Å². The standard InChI is InChI=1S/C8H18N2S2.ClH/c1-4-9-8(11)12-7-5-6-10(2)3;/h4-7H2,1-3H3,(H,9,11);1H. The van der Waals surface area contributed by atoms with Crippen LogP contribution in [0.1, 0.15) is 13.3 Å². The molecule has 0 aliphatic heterocycles. The summed E-state index contributed by atoms with van der Waals surface area (Å²) in [6, 6.07) is 0. The zero-order chi connectivity index (χ0) is 9.40. The van der Waals surface area contributed by atoms with E-state index >= 15 is 0 Å². The highest BCUT2D eigenvalue weighted by Gasteiger charge is 1.95. The van der Waals surface area contributed by atoms with E-state index in [2.05, 4.69) is 31.2 Å². The summed E-state index contributed by atoms with van der Waals surface area (Å²) in [6.07, 6.45) is 1.20. The van der Waals surface area contributed by atoms with Crippen LogP contribution in [-0.4, -0.2) is 42.2 Å². The summed E-state index contributed by atoms with van der Waals surface area (Å²) < 4.78 is 0.927. The van der Waals surface area contributed by atoms with E-state index in [1.54, 1.807) is 11.8 Å². The van der Waals surface area contributed by atoms with Crippen molar-refractivity contribution in [3.8, 4) is 0 Å². The van der Waals surface area contributed by atoms with Crippen LogP contribution in [-0.2, 0) is 0 Å². The fraction of sp³-hybridized carbons (Fsp3) is 0.875. The van der Waals surface area contributed by atoms with Gasteiger partial charge in [0.15, 0.2) is 0 Å². The van der Waals surface area contributed by atoms with E-state index in [4.69, 9.17) is 12.2 Å². The second-order valence-corrected chi connectivity index (χ2v) is 4.59. The molecule has 0 aliphatic rings. The smallest absolute Gasteiger partial charge is 0.133 e. The maximum Gasteiger partial charge on any atom is 0.133 e. The molecule has 0 saturated heterocycles. The van der Waals surface area contributed by atoms with Crippen molar-refractivity contribution in [3.05, 3.63) is 0 Å². The number of halogens is 1. The first kappa shape index (κ1) is 15.9.